The highest BCUT2D eigenvalue weighted by molar-refractivity contribution is 5.78. The number of halogens is 2. The van der Waals surface area contributed by atoms with Gasteiger partial charge in [-0.25, -0.2) is 8.78 Å². The number of carbonyl (C=O) groups is 1. The van der Waals surface area contributed by atoms with Crippen molar-refractivity contribution in [3.63, 3.8) is 0 Å². The molecular formula is C18H20F2N2O. The molecule has 1 amide bonds. The zero-order chi connectivity index (χ0) is 16.7. The van der Waals surface area contributed by atoms with Crippen LogP contribution in [0.5, 0.6) is 0 Å². The van der Waals surface area contributed by atoms with Crippen LogP contribution >= 0.6 is 0 Å². The van der Waals surface area contributed by atoms with Crippen molar-refractivity contribution in [2.24, 2.45) is 5.73 Å². The van der Waals surface area contributed by atoms with E-state index < -0.39 is 11.6 Å². The molecule has 0 aliphatic heterocycles. The molecule has 0 spiro atoms. The van der Waals surface area contributed by atoms with Crippen LogP contribution in [0.2, 0.25) is 0 Å². The summed E-state index contributed by atoms with van der Waals surface area (Å²) in [5.41, 5.74) is 6.57. The van der Waals surface area contributed by atoms with Crippen LogP contribution in [0.25, 0.3) is 0 Å². The van der Waals surface area contributed by atoms with Gasteiger partial charge in [0.05, 0.1) is 6.42 Å². The van der Waals surface area contributed by atoms with E-state index in [0.717, 1.165) is 23.8 Å². The number of nitrogens with two attached hydrogens (primary N) is 1. The van der Waals surface area contributed by atoms with Gasteiger partial charge in [-0.05, 0) is 36.7 Å². The molecule has 0 aliphatic rings. The summed E-state index contributed by atoms with van der Waals surface area (Å²) in [5.74, 6) is -1.36. The Morgan fingerprint density at radius 1 is 1.09 bits per heavy atom. The minimum Gasteiger partial charge on any atom is -0.338 e. The number of carbonyl (C=O) groups excluding carboxylic acids is 1. The zero-order valence-corrected chi connectivity index (χ0v) is 12.8. The molecule has 0 aliphatic carbocycles. The first kappa shape index (κ1) is 17.1. The Morgan fingerprint density at radius 2 is 1.83 bits per heavy atom. The fraction of sp³-hybridized carbons (Fsp3) is 0.278. The molecule has 2 aromatic rings. The van der Waals surface area contributed by atoms with Crippen LogP contribution in [0.15, 0.2) is 48.5 Å². The number of amides is 1. The molecular weight excluding hydrogens is 298 g/mol. The Kier molecular flexibility index (Phi) is 6.23. The summed E-state index contributed by atoms with van der Waals surface area (Å²) in [4.78, 5) is 14.1. The van der Waals surface area contributed by atoms with E-state index in [1.54, 1.807) is 4.90 Å². The molecule has 5 heteroatoms. The van der Waals surface area contributed by atoms with Crippen molar-refractivity contribution in [3.8, 4) is 0 Å². The second kappa shape index (κ2) is 8.39. The van der Waals surface area contributed by atoms with Crippen LogP contribution in [0.3, 0.4) is 0 Å². The molecule has 0 radical (unpaired) electrons. The summed E-state index contributed by atoms with van der Waals surface area (Å²) in [6, 6.07) is 12.7. The average Bonchev–Trinajstić information content (AvgIpc) is 2.55. The topological polar surface area (TPSA) is 46.3 Å². The molecule has 0 saturated heterocycles. The first-order chi connectivity index (χ1) is 11.1. The van der Waals surface area contributed by atoms with Gasteiger partial charge in [0.25, 0.3) is 0 Å². The highest BCUT2D eigenvalue weighted by Crippen LogP contribution is 2.13. The molecule has 2 N–H and O–H groups in total. The second-order valence-electron chi connectivity index (χ2n) is 5.36. The van der Waals surface area contributed by atoms with Crippen molar-refractivity contribution in [2.45, 2.75) is 19.4 Å². The predicted octanol–water partition coefficient (Wildman–Crippen LogP) is 2.88. The van der Waals surface area contributed by atoms with E-state index in [-0.39, 0.29) is 17.9 Å². The third kappa shape index (κ3) is 5.14. The van der Waals surface area contributed by atoms with Gasteiger partial charge in [0.1, 0.15) is 11.6 Å². The standard InChI is InChI=1S/C18H20F2N2O/c19-16-7-8-17(20)15(11-16)12-18(23)22(10-4-9-21)13-14-5-2-1-3-6-14/h1-3,5-8,11H,4,9-10,12-13,21H2. The summed E-state index contributed by atoms with van der Waals surface area (Å²) in [6.07, 6.45) is 0.491. The van der Waals surface area contributed by atoms with Gasteiger partial charge in [-0.2, -0.15) is 0 Å². The van der Waals surface area contributed by atoms with Gasteiger partial charge in [0, 0.05) is 18.7 Å². The van der Waals surface area contributed by atoms with Crippen molar-refractivity contribution in [3.05, 3.63) is 71.3 Å². The third-order valence-electron chi connectivity index (χ3n) is 3.55. The van der Waals surface area contributed by atoms with Crippen LogP contribution in [0.4, 0.5) is 8.78 Å². The first-order valence-corrected chi connectivity index (χ1v) is 7.56. The van der Waals surface area contributed by atoms with E-state index in [9.17, 15) is 13.6 Å². The van der Waals surface area contributed by atoms with Gasteiger partial charge in [-0.15, -0.1) is 0 Å². The molecule has 122 valence electrons. The Labute approximate surface area is 134 Å². The lowest BCUT2D eigenvalue weighted by Crippen LogP contribution is -2.33. The number of hydrogen-bond acceptors (Lipinski definition) is 2. The molecule has 0 saturated carbocycles. The quantitative estimate of drug-likeness (QED) is 0.853. The second-order valence-corrected chi connectivity index (χ2v) is 5.36. The Morgan fingerprint density at radius 3 is 2.52 bits per heavy atom. The van der Waals surface area contributed by atoms with E-state index >= 15 is 0 Å². The van der Waals surface area contributed by atoms with Gasteiger partial charge >= 0.3 is 0 Å². The highest BCUT2D eigenvalue weighted by atomic mass is 19.1. The van der Waals surface area contributed by atoms with E-state index in [4.69, 9.17) is 5.73 Å². The SMILES string of the molecule is NCCCN(Cc1ccccc1)C(=O)Cc1cc(F)ccc1F. The lowest BCUT2D eigenvalue weighted by molar-refractivity contribution is -0.131. The minimum absolute atomic E-state index is 0.0702. The molecule has 2 aromatic carbocycles. The Bertz CT molecular complexity index is 647. The largest absolute Gasteiger partial charge is 0.338 e. The number of rotatable bonds is 7. The maximum atomic E-state index is 13.7. The van der Waals surface area contributed by atoms with Crippen LogP contribution in [0.1, 0.15) is 17.5 Å². The molecule has 0 bridgehead atoms. The van der Waals surface area contributed by atoms with E-state index in [2.05, 4.69) is 0 Å². The maximum absolute atomic E-state index is 13.7. The summed E-state index contributed by atoms with van der Waals surface area (Å²) >= 11 is 0. The maximum Gasteiger partial charge on any atom is 0.227 e. The molecule has 0 heterocycles. The molecule has 0 atom stereocenters. The van der Waals surface area contributed by atoms with Gasteiger partial charge in [-0.1, -0.05) is 30.3 Å². The lowest BCUT2D eigenvalue weighted by atomic mass is 10.1. The fourth-order valence-corrected chi connectivity index (χ4v) is 2.33. The summed E-state index contributed by atoms with van der Waals surface area (Å²) < 4.78 is 27.0. The van der Waals surface area contributed by atoms with Crippen molar-refractivity contribution in [1.82, 2.24) is 4.90 Å². The van der Waals surface area contributed by atoms with Crippen molar-refractivity contribution in [1.29, 1.82) is 0 Å². The molecule has 3 nitrogen and oxygen atoms in total. The highest BCUT2D eigenvalue weighted by Gasteiger charge is 2.16. The van der Waals surface area contributed by atoms with E-state index in [1.807, 2.05) is 30.3 Å². The Balaban J connectivity index is 2.11. The number of hydrogen-bond donors (Lipinski definition) is 1. The third-order valence-corrected chi connectivity index (χ3v) is 3.55. The van der Waals surface area contributed by atoms with Crippen LogP contribution in [0, 0.1) is 11.6 Å². The van der Waals surface area contributed by atoms with Gasteiger partial charge in [-0.3, -0.25) is 4.79 Å². The first-order valence-electron chi connectivity index (χ1n) is 7.56. The average molecular weight is 318 g/mol. The number of benzene rings is 2. The molecule has 0 fully saturated rings. The molecule has 0 unspecified atom stereocenters. The lowest BCUT2D eigenvalue weighted by Gasteiger charge is -2.23. The zero-order valence-electron chi connectivity index (χ0n) is 12.8. The van der Waals surface area contributed by atoms with Crippen molar-refractivity contribution >= 4 is 5.91 Å². The minimum atomic E-state index is -0.571. The fourth-order valence-electron chi connectivity index (χ4n) is 2.33. The normalized spacial score (nSPS) is 10.6. The predicted molar refractivity (Wildman–Crippen MR) is 85.6 cm³/mol. The summed E-state index contributed by atoms with van der Waals surface area (Å²) in [6.45, 7) is 1.38. The monoisotopic (exact) mass is 318 g/mol. The van der Waals surface area contributed by atoms with Crippen LogP contribution in [-0.4, -0.2) is 23.9 Å². The van der Waals surface area contributed by atoms with Gasteiger partial charge in [0.15, 0.2) is 0 Å². The van der Waals surface area contributed by atoms with Gasteiger partial charge < -0.3 is 10.6 Å². The Hall–Kier alpha value is -2.27. The van der Waals surface area contributed by atoms with Crippen LogP contribution in [-0.2, 0) is 17.8 Å². The van der Waals surface area contributed by atoms with E-state index in [1.165, 1.54) is 0 Å². The van der Waals surface area contributed by atoms with E-state index in [0.29, 0.717) is 26.1 Å². The summed E-state index contributed by atoms with van der Waals surface area (Å²) in [7, 11) is 0. The molecule has 2 rings (SSSR count). The number of nitrogens with zero attached hydrogens (tertiary/aromatic N) is 1. The molecule has 0 aromatic heterocycles. The van der Waals surface area contributed by atoms with Crippen molar-refractivity contribution in [2.75, 3.05) is 13.1 Å². The molecule has 23 heavy (non-hydrogen) atoms. The smallest absolute Gasteiger partial charge is 0.227 e. The van der Waals surface area contributed by atoms with Crippen LogP contribution < -0.4 is 5.73 Å². The van der Waals surface area contributed by atoms with Crippen molar-refractivity contribution < 1.29 is 13.6 Å². The summed E-state index contributed by atoms with van der Waals surface area (Å²) in [5, 5.41) is 0. The van der Waals surface area contributed by atoms with Gasteiger partial charge in [0.2, 0.25) is 5.91 Å².